The summed E-state index contributed by atoms with van der Waals surface area (Å²) in [5.74, 6) is 0.878. The van der Waals surface area contributed by atoms with Crippen LogP contribution in [0.2, 0.25) is 20.1 Å². The number of fused-ring (bicyclic) bond motifs is 2. The molecule has 4 unspecified atom stereocenters. The van der Waals surface area contributed by atoms with Crippen LogP contribution >= 0.6 is 46.4 Å². The van der Waals surface area contributed by atoms with Gasteiger partial charge in [0.25, 0.3) is 0 Å². The molecule has 11 nitrogen and oxygen atoms in total. The number of hydrogen-bond acceptors (Lipinski definition) is 9. The van der Waals surface area contributed by atoms with Gasteiger partial charge in [0, 0.05) is 45.2 Å². The molecule has 0 bridgehead atoms. The zero-order valence-corrected chi connectivity index (χ0v) is 42.5. The Hall–Kier alpha value is -4.88. The van der Waals surface area contributed by atoms with E-state index in [4.69, 9.17) is 76.6 Å². The van der Waals surface area contributed by atoms with Crippen LogP contribution in [0.25, 0.3) is 27.4 Å². The number of ether oxygens (including phenoxy) is 2. The lowest BCUT2D eigenvalue weighted by Crippen LogP contribution is -2.25. The molecule has 0 spiro atoms. The summed E-state index contributed by atoms with van der Waals surface area (Å²) in [5.41, 5.74) is 2.41. The SMILES string of the molecule is O=C(O)c1ccc(C2(O)C[C@H]3CC(OCc4c(-c5c(Cl)cccc5Cl)noc4C4CC4)C[C@H]3C2)c(F)c1.[C-]#[N+]c1ccc(C2(O)C[C@H]3CC(OCc4c(-c5c(Cl)cccc5Cl)noc4C4CC4)C[C@H]3C2)c(F)c1. The van der Waals surface area contributed by atoms with Gasteiger partial charge in [-0.1, -0.05) is 87.0 Å². The molecule has 6 fully saturated rings. The fraction of sp³-hybridized carbons (Fsp3) is 0.429. The molecule has 17 heteroatoms. The van der Waals surface area contributed by atoms with Gasteiger partial charge < -0.3 is 33.8 Å². The molecule has 0 saturated heterocycles. The van der Waals surface area contributed by atoms with Crippen molar-refractivity contribution in [1.29, 1.82) is 0 Å². The second-order valence-corrected chi connectivity index (χ2v) is 22.6. The molecular formula is C56H51Cl4F2N3O8. The van der Waals surface area contributed by atoms with E-state index in [1.165, 1.54) is 18.2 Å². The van der Waals surface area contributed by atoms with Crippen LogP contribution in [0.1, 0.15) is 133 Å². The normalized spacial score (nSPS) is 27.1. The number of benzene rings is 4. The van der Waals surface area contributed by atoms with Gasteiger partial charge in [0.1, 0.15) is 34.5 Å². The maximum Gasteiger partial charge on any atom is 0.335 e. The van der Waals surface area contributed by atoms with Crippen LogP contribution < -0.4 is 0 Å². The third kappa shape index (κ3) is 9.95. The fourth-order valence-corrected chi connectivity index (χ4v) is 13.6. The smallest absolute Gasteiger partial charge is 0.335 e. The second-order valence-electron chi connectivity index (χ2n) is 21.0. The summed E-state index contributed by atoms with van der Waals surface area (Å²) in [7, 11) is 0. The van der Waals surface area contributed by atoms with Gasteiger partial charge >= 0.3 is 5.97 Å². The minimum absolute atomic E-state index is 0.00435. The van der Waals surface area contributed by atoms with Gasteiger partial charge in [0.15, 0.2) is 5.69 Å². The lowest BCUT2D eigenvalue weighted by molar-refractivity contribution is 0.00721. The molecule has 0 radical (unpaired) electrons. The maximum atomic E-state index is 14.7. The minimum Gasteiger partial charge on any atom is -0.478 e. The third-order valence-electron chi connectivity index (χ3n) is 16.2. The van der Waals surface area contributed by atoms with E-state index in [1.54, 1.807) is 48.5 Å². The van der Waals surface area contributed by atoms with Crippen molar-refractivity contribution in [3.05, 3.63) is 155 Å². The zero-order valence-electron chi connectivity index (χ0n) is 39.4. The van der Waals surface area contributed by atoms with E-state index in [0.717, 1.165) is 80.1 Å². The Balaban J connectivity index is 0.000000157. The monoisotopic (exact) mass is 1070 g/mol. The molecule has 8 atom stereocenters. The number of halogens is 6. The third-order valence-corrected chi connectivity index (χ3v) is 17.4. The number of nitrogens with zero attached hydrogens (tertiary/aromatic N) is 3. The molecule has 0 aliphatic heterocycles. The van der Waals surface area contributed by atoms with Crippen molar-refractivity contribution >= 4 is 58.1 Å². The highest BCUT2D eigenvalue weighted by Gasteiger charge is 2.52. The summed E-state index contributed by atoms with van der Waals surface area (Å²) in [5, 5.41) is 42.4. The standard InChI is InChI=1S/C28H25Cl2FN2O3.C28H26Cl2FNO5/c1-32-18-7-8-21(24(31)11-18)28(34)12-16-9-19(10-17(16)13-28)35-14-20-26(33-36-27(20)15-5-6-15)25-22(29)3-2-4-23(25)30;29-21-2-1-3-22(30)24(21)25-19(26(37-32-25)14-4-5-14)13-36-18-8-16-11-28(35,12-17(16)9-18)20-7-6-15(27(33)34)10-23(20)31/h2-4,7-8,11,15-17,19,34H,5-6,9-10,12-14H2;1-3,6-7,10,14,16-18,35H,4-5,8-9,11-13H2,(H,33,34)/t16-,17+,19?,28?;16-,17+,18?,28?. The zero-order chi connectivity index (χ0) is 50.9. The first-order valence-corrected chi connectivity index (χ1v) is 26.3. The molecule has 2 aromatic heterocycles. The van der Waals surface area contributed by atoms with Crippen LogP contribution in [-0.2, 0) is 33.9 Å². The number of aliphatic hydroxyl groups is 2. The fourth-order valence-electron chi connectivity index (χ4n) is 12.4. The molecule has 73 heavy (non-hydrogen) atoms. The van der Waals surface area contributed by atoms with Crippen LogP contribution in [0, 0.1) is 41.9 Å². The molecule has 4 aromatic carbocycles. The highest BCUT2D eigenvalue weighted by molar-refractivity contribution is 6.39. The largest absolute Gasteiger partial charge is 0.478 e. The molecule has 0 amide bonds. The van der Waals surface area contributed by atoms with E-state index in [1.807, 2.05) is 0 Å². The van der Waals surface area contributed by atoms with E-state index >= 15 is 0 Å². The Bertz CT molecular complexity index is 3080. The molecular weight excluding hydrogens is 1020 g/mol. The Morgan fingerprint density at radius 3 is 1.40 bits per heavy atom. The predicted octanol–water partition coefficient (Wildman–Crippen LogP) is 14.8. The van der Waals surface area contributed by atoms with Crippen molar-refractivity contribution in [3.8, 4) is 22.5 Å². The van der Waals surface area contributed by atoms with E-state index in [0.29, 0.717) is 98.9 Å². The molecule has 6 aliphatic rings. The summed E-state index contributed by atoms with van der Waals surface area (Å²) < 4.78 is 53.6. The summed E-state index contributed by atoms with van der Waals surface area (Å²) >= 11 is 25.8. The van der Waals surface area contributed by atoms with Gasteiger partial charge in [0.05, 0.1) is 68.8 Å². The maximum absolute atomic E-state index is 14.7. The van der Waals surface area contributed by atoms with Crippen molar-refractivity contribution in [1.82, 2.24) is 10.3 Å². The second kappa shape index (κ2) is 20.0. The first-order chi connectivity index (χ1) is 35.1. The van der Waals surface area contributed by atoms with Crippen molar-refractivity contribution < 1.29 is 47.4 Å². The number of carboxylic acid groups (broad SMARTS) is 1. The van der Waals surface area contributed by atoms with Crippen molar-refractivity contribution in [2.45, 2.75) is 126 Å². The van der Waals surface area contributed by atoms with Crippen LogP contribution in [0.5, 0.6) is 0 Å². The van der Waals surface area contributed by atoms with Gasteiger partial charge in [-0.05, 0) is 143 Å². The Morgan fingerprint density at radius 1 is 0.644 bits per heavy atom. The number of carbonyl (C=O) groups is 1. The molecule has 3 N–H and O–H groups in total. The lowest BCUT2D eigenvalue weighted by Gasteiger charge is -2.26. The van der Waals surface area contributed by atoms with Gasteiger partial charge in [-0.25, -0.2) is 18.4 Å². The number of rotatable bonds is 13. The quantitative estimate of drug-likeness (QED) is 0.0953. The highest BCUT2D eigenvalue weighted by Crippen LogP contribution is 2.56. The number of aromatic nitrogens is 2. The van der Waals surface area contributed by atoms with Gasteiger partial charge in [0.2, 0.25) is 0 Å². The number of aromatic carboxylic acids is 1. The molecule has 2 heterocycles. The van der Waals surface area contributed by atoms with Crippen LogP contribution in [0.3, 0.4) is 0 Å². The predicted molar refractivity (Wildman–Crippen MR) is 270 cm³/mol. The van der Waals surface area contributed by atoms with Crippen LogP contribution in [0.15, 0.2) is 81.8 Å². The van der Waals surface area contributed by atoms with Crippen molar-refractivity contribution in [2.75, 3.05) is 0 Å². The molecule has 6 saturated carbocycles. The summed E-state index contributed by atoms with van der Waals surface area (Å²) in [4.78, 5) is 14.4. The molecule has 6 aliphatic carbocycles. The summed E-state index contributed by atoms with van der Waals surface area (Å²) in [6.45, 7) is 7.75. The van der Waals surface area contributed by atoms with E-state index in [-0.39, 0.29) is 52.7 Å². The van der Waals surface area contributed by atoms with E-state index in [2.05, 4.69) is 15.2 Å². The lowest BCUT2D eigenvalue weighted by atomic mass is 9.88. The molecule has 12 rings (SSSR count). The molecule has 380 valence electrons. The van der Waals surface area contributed by atoms with Gasteiger partial charge in [-0.15, -0.1) is 0 Å². The van der Waals surface area contributed by atoms with Gasteiger partial charge in [-0.2, -0.15) is 0 Å². The Kier molecular flexibility index (Phi) is 13.8. The van der Waals surface area contributed by atoms with Crippen LogP contribution in [0.4, 0.5) is 14.5 Å². The van der Waals surface area contributed by atoms with E-state index < -0.39 is 28.8 Å². The van der Waals surface area contributed by atoms with E-state index in [9.17, 15) is 23.8 Å². The average Bonchev–Trinajstić information content (AvgIpc) is 4.12. The first kappa shape index (κ1) is 50.3. The summed E-state index contributed by atoms with van der Waals surface area (Å²) in [6.07, 6.45) is 9.22. The molecule has 6 aromatic rings. The van der Waals surface area contributed by atoms with Crippen molar-refractivity contribution in [2.24, 2.45) is 23.7 Å². The topological polar surface area (TPSA) is 153 Å². The first-order valence-electron chi connectivity index (χ1n) is 24.8. The Morgan fingerprint density at radius 2 is 1.04 bits per heavy atom. The van der Waals surface area contributed by atoms with Crippen molar-refractivity contribution in [3.63, 3.8) is 0 Å². The number of carboxylic acids is 1. The Labute approximate surface area is 440 Å². The average molecular weight is 1070 g/mol. The number of hydrogen-bond donors (Lipinski definition) is 3. The minimum atomic E-state index is -1.30. The summed E-state index contributed by atoms with van der Waals surface area (Å²) in [6, 6.07) is 18.8. The van der Waals surface area contributed by atoms with Crippen LogP contribution in [-0.4, -0.2) is 43.8 Å². The van der Waals surface area contributed by atoms with Gasteiger partial charge in [-0.3, -0.25) is 0 Å². The highest BCUT2D eigenvalue weighted by atomic mass is 35.5.